The van der Waals surface area contributed by atoms with Crippen molar-refractivity contribution in [3.63, 3.8) is 0 Å². The summed E-state index contributed by atoms with van der Waals surface area (Å²) in [5, 5.41) is 0. The summed E-state index contributed by atoms with van der Waals surface area (Å²) in [4.78, 5) is 8.86. The number of benzene rings is 1. The van der Waals surface area contributed by atoms with Crippen LogP contribution < -0.4 is 0 Å². The Morgan fingerprint density at radius 2 is 1.50 bits per heavy atom. The van der Waals surface area contributed by atoms with Crippen molar-refractivity contribution in [2.24, 2.45) is 0 Å². The lowest BCUT2D eigenvalue weighted by Crippen LogP contribution is -2.04. The first kappa shape index (κ1) is 12.7. The molecule has 1 heterocycles. The number of ether oxygens (including phenoxy) is 1. The average Bonchev–Trinajstić information content (AvgIpc) is 2.37. The molecule has 0 N–H and O–H groups in total. The van der Waals surface area contributed by atoms with Crippen LogP contribution in [0.4, 0.5) is 0 Å². The van der Waals surface area contributed by atoms with E-state index in [0.29, 0.717) is 13.2 Å². The summed E-state index contributed by atoms with van der Waals surface area (Å²) in [6.07, 6.45) is 0. The monoisotopic (exact) mass is 242 g/mol. The fraction of sp³-hybridized carbons (Fsp3) is 0.333. The molecule has 0 amide bonds. The van der Waals surface area contributed by atoms with Crippen LogP contribution in [0.1, 0.15) is 28.3 Å². The average molecular weight is 242 g/mol. The Bertz CT molecular complexity index is 500. The van der Waals surface area contributed by atoms with Crippen LogP contribution in [-0.4, -0.2) is 9.97 Å². The third kappa shape index (κ3) is 3.14. The second-order valence-electron chi connectivity index (χ2n) is 4.41. The zero-order chi connectivity index (χ0) is 13.0. The molecule has 0 saturated carbocycles. The summed E-state index contributed by atoms with van der Waals surface area (Å²) in [5.74, 6) is 0.756. The highest BCUT2D eigenvalue weighted by Gasteiger charge is 2.04. The van der Waals surface area contributed by atoms with E-state index in [1.54, 1.807) is 0 Å². The van der Waals surface area contributed by atoms with Crippen molar-refractivity contribution < 1.29 is 4.74 Å². The van der Waals surface area contributed by atoms with E-state index < -0.39 is 0 Å². The molecule has 0 spiro atoms. The van der Waals surface area contributed by atoms with E-state index in [1.165, 1.54) is 0 Å². The maximum absolute atomic E-state index is 5.63. The molecule has 0 aliphatic rings. The zero-order valence-electron chi connectivity index (χ0n) is 11.1. The van der Waals surface area contributed by atoms with Gasteiger partial charge in [-0.25, -0.2) is 9.97 Å². The molecule has 0 aliphatic carbocycles. The second kappa shape index (κ2) is 5.74. The molecule has 0 atom stereocenters. The first-order valence-electron chi connectivity index (χ1n) is 6.09. The van der Waals surface area contributed by atoms with Gasteiger partial charge in [-0.3, -0.25) is 0 Å². The molecule has 0 radical (unpaired) electrons. The molecule has 3 heteroatoms. The first-order valence-corrected chi connectivity index (χ1v) is 6.09. The molecule has 1 aromatic carbocycles. The Kier molecular flexibility index (Phi) is 4.05. The number of nitrogens with zero attached hydrogens (tertiary/aromatic N) is 2. The van der Waals surface area contributed by atoms with E-state index in [-0.39, 0.29) is 0 Å². The minimum atomic E-state index is 0.455. The lowest BCUT2D eigenvalue weighted by Gasteiger charge is -2.08. The third-order valence-corrected chi connectivity index (χ3v) is 3.02. The number of hydrogen-bond acceptors (Lipinski definition) is 3. The van der Waals surface area contributed by atoms with Gasteiger partial charge in [0.25, 0.3) is 0 Å². The minimum absolute atomic E-state index is 0.455. The van der Waals surface area contributed by atoms with Gasteiger partial charge in [-0.2, -0.15) is 0 Å². The van der Waals surface area contributed by atoms with Crippen molar-refractivity contribution in [2.75, 3.05) is 0 Å². The predicted octanol–water partition coefficient (Wildman–Crippen LogP) is 3.12. The highest BCUT2D eigenvalue weighted by Crippen LogP contribution is 2.09. The minimum Gasteiger partial charge on any atom is -0.369 e. The summed E-state index contributed by atoms with van der Waals surface area (Å²) in [5.41, 5.74) is 4.38. The molecule has 3 nitrogen and oxygen atoms in total. The Balaban J connectivity index is 1.95. The molecule has 2 rings (SSSR count). The molecule has 94 valence electrons. The first-order chi connectivity index (χ1) is 8.66. The molecule has 0 unspecified atom stereocenters. The number of rotatable bonds is 4. The van der Waals surface area contributed by atoms with Crippen molar-refractivity contribution in [1.29, 1.82) is 0 Å². The Hall–Kier alpha value is -1.74. The lowest BCUT2D eigenvalue weighted by molar-refractivity contribution is 0.101. The number of aryl methyl sites for hydroxylation is 2. The van der Waals surface area contributed by atoms with Gasteiger partial charge in [-0.15, -0.1) is 0 Å². The summed E-state index contributed by atoms with van der Waals surface area (Å²) in [6.45, 7) is 7.10. The standard InChI is InChI=1S/C15H18N2O/c1-11-12(2)16-15(17-13(11)3)10-18-9-14-7-5-4-6-8-14/h4-8H,9-10H2,1-3H3. The van der Waals surface area contributed by atoms with Gasteiger partial charge in [-0.05, 0) is 31.9 Å². The van der Waals surface area contributed by atoms with Crippen molar-refractivity contribution in [3.05, 3.63) is 58.7 Å². The van der Waals surface area contributed by atoms with Gasteiger partial charge >= 0.3 is 0 Å². The molecule has 0 fully saturated rings. The third-order valence-electron chi connectivity index (χ3n) is 3.02. The Morgan fingerprint density at radius 1 is 0.889 bits per heavy atom. The van der Waals surface area contributed by atoms with Crippen LogP contribution in [0.2, 0.25) is 0 Å². The number of hydrogen-bond donors (Lipinski definition) is 0. The SMILES string of the molecule is Cc1nc(COCc2ccccc2)nc(C)c1C. The van der Waals surface area contributed by atoms with Crippen LogP contribution in [-0.2, 0) is 18.0 Å². The van der Waals surface area contributed by atoms with E-state index in [0.717, 1.165) is 28.3 Å². The molecule has 18 heavy (non-hydrogen) atoms. The van der Waals surface area contributed by atoms with Gasteiger partial charge in [0.15, 0.2) is 5.82 Å². The van der Waals surface area contributed by atoms with E-state index in [9.17, 15) is 0 Å². The van der Waals surface area contributed by atoms with Crippen molar-refractivity contribution in [3.8, 4) is 0 Å². The van der Waals surface area contributed by atoms with Crippen molar-refractivity contribution >= 4 is 0 Å². The van der Waals surface area contributed by atoms with Crippen molar-refractivity contribution in [2.45, 2.75) is 34.0 Å². The van der Waals surface area contributed by atoms with Gasteiger partial charge in [0.05, 0.1) is 6.61 Å². The maximum Gasteiger partial charge on any atom is 0.154 e. The zero-order valence-corrected chi connectivity index (χ0v) is 11.1. The molecule has 0 aliphatic heterocycles. The van der Waals surface area contributed by atoms with E-state index in [1.807, 2.05) is 51.1 Å². The largest absolute Gasteiger partial charge is 0.369 e. The topological polar surface area (TPSA) is 35.0 Å². The summed E-state index contributed by atoms with van der Waals surface area (Å²) in [6, 6.07) is 10.1. The van der Waals surface area contributed by atoms with E-state index in [2.05, 4.69) is 9.97 Å². The summed E-state index contributed by atoms with van der Waals surface area (Å²) < 4.78 is 5.63. The van der Waals surface area contributed by atoms with Crippen LogP contribution in [0.3, 0.4) is 0 Å². The van der Waals surface area contributed by atoms with E-state index in [4.69, 9.17) is 4.74 Å². The van der Waals surface area contributed by atoms with Gasteiger partial charge < -0.3 is 4.74 Å². The molecule has 0 bridgehead atoms. The van der Waals surface area contributed by atoms with Gasteiger partial charge in [-0.1, -0.05) is 30.3 Å². The van der Waals surface area contributed by atoms with Gasteiger partial charge in [0, 0.05) is 11.4 Å². The highest BCUT2D eigenvalue weighted by molar-refractivity contribution is 5.22. The van der Waals surface area contributed by atoms with Gasteiger partial charge in [0.1, 0.15) is 6.61 Å². The van der Waals surface area contributed by atoms with Crippen LogP contribution >= 0.6 is 0 Å². The lowest BCUT2D eigenvalue weighted by atomic mass is 10.2. The van der Waals surface area contributed by atoms with Crippen LogP contribution in [0.5, 0.6) is 0 Å². The van der Waals surface area contributed by atoms with Crippen LogP contribution in [0.15, 0.2) is 30.3 Å². The summed E-state index contributed by atoms with van der Waals surface area (Å²) in [7, 11) is 0. The normalized spacial score (nSPS) is 10.6. The smallest absolute Gasteiger partial charge is 0.154 e. The van der Waals surface area contributed by atoms with Crippen LogP contribution in [0.25, 0.3) is 0 Å². The quantitative estimate of drug-likeness (QED) is 0.826. The Labute approximate surface area is 108 Å². The summed E-state index contributed by atoms with van der Waals surface area (Å²) >= 11 is 0. The second-order valence-corrected chi connectivity index (χ2v) is 4.41. The molecule has 2 aromatic rings. The molecule has 0 saturated heterocycles. The predicted molar refractivity (Wildman–Crippen MR) is 71.2 cm³/mol. The van der Waals surface area contributed by atoms with Crippen LogP contribution in [0, 0.1) is 20.8 Å². The fourth-order valence-electron chi connectivity index (χ4n) is 1.74. The van der Waals surface area contributed by atoms with Gasteiger partial charge in [0.2, 0.25) is 0 Å². The Morgan fingerprint density at radius 3 is 2.11 bits per heavy atom. The van der Waals surface area contributed by atoms with Crippen molar-refractivity contribution in [1.82, 2.24) is 9.97 Å². The molecule has 1 aromatic heterocycles. The van der Waals surface area contributed by atoms with E-state index >= 15 is 0 Å². The number of aromatic nitrogens is 2. The highest BCUT2D eigenvalue weighted by atomic mass is 16.5. The molecular weight excluding hydrogens is 224 g/mol. The fourth-order valence-corrected chi connectivity index (χ4v) is 1.74. The molecular formula is C15H18N2O. The maximum atomic E-state index is 5.63.